The summed E-state index contributed by atoms with van der Waals surface area (Å²) >= 11 is 4.21. The zero-order valence-electron chi connectivity index (χ0n) is 15.8. The topological polar surface area (TPSA) is 55.4 Å². The Balaban J connectivity index is 3.51. The molecule has 6 heteroatoms. The van der Waals surface area contributed by atoms with E-state index >= 15 is 0 Å². The van der Waals surface area contributed by atoms with Crippen LogP contribution in [0.4, 0.5) is 0 Å². The molecule has 0 aliphatic carbocycles. The third-order valence-electron chi connectivity index (χ3n) is 4.11. The molecule has 0 saturated heterocycles. The maximum atomic E-state index is 11.8. The molecule has 0 aliphatic heterocycles. The van der Waals surface area contributed by atoms with Crippen molar-refractivity contribution < 1.29 is 18.8 Å². The van der Waals surface area contributed by atoms with Crippen LogP contribution in [-0.2, 0) is 14.3 Å². The average Bonchev–Trinajstić information content (AvgIpc) is 2.53. The van der Waals surface area contributed by atoms with Crippen LogP contribution in [0.15, 0.2) is 0 Å². The fraction of sp³-hybridized carbons (Fsp3) is 0.889. The van der Waals surface area contributed by atoms with E-state index < -0.39 is 0 Å². The van der Waals surface area contributed by atoms with Crippen molar-refractivity contribution in [3.63, 3.8) is 0 Å². The predicted molar refractivity (Wildman–Crippen MR) is 102 cm³/mol. The van der Waals surface area contributed by atoms with Gasteiger partial charge in [-0.25, -0.2) is 4.79 Å². The largest absolute Gasteiger partial charge is 0.465 e. The quantitative estimate of drug-likeness (QED) is 0.204. The smallest absolute Gasteiger partial charge is 0.361 e. The number of amides is 1. The molecule has 0 atom stereocenters. The summed E-state index contributed by atoms with van der Waals surface area (Å²) in [5, 5.41) is 2.97. The minimum atomic E-state index is -0.199. The van der Waals surface area contributed by atoms with E-state index in [9.17, 15) is 9.59 Å². The number of nitrogens with one attached hydrogen (secondary N) is 1. The van der Waals surface area contributed by atoms with Crippen molar-refractivity contribution in [3.05, 3.63) is 0 Å². The van der Waals surface area contributed by atoms with E-state index in [-0.39, 0.29) is 11.9 Å². The Bertz CT molecular complexity index is 349. The number of rotatable bonds is 15. The van der Waals surface area contributed by atoms with Crippen molar-refractivity contribution in [2.45, 2.75) is 57.8 Å². The number of esters is 1. The van der Waals surface area contributed by atoms with Crippen molar-refractivity contribution >= 4 is 24.5 Å². The van der Waals surface area contributed by atoms with Crippen LogP contribution < -0.4 is 5.32 Å². The van der Waals surface area contributed by atoms with Gasteiger partial charge < -0.3 is 14.5 Å². The lowest BCUT2D eigenvalue weighted by atomic mass is 10.1. The summed E-state index contributed by atoms with van der Waals surface area (Å²) in [6.07, 6.45) is 9.85. The first-order chi connectivity index (χ1) is 11.4. The van der Waals surface area contributed by atoms with Gasteiger partial charge >= 0.3 is 5.97 Å². The van der Waals surface area contributed by atoms with Crippen molar-refractivity contribution in [2.75, 3.05) is 46.6 Å². The van der Waals surface area contributed by atoms with Gasteiger partial charge in [-0.1, -0.05) is 32.1 Å². The zero-order valence-corrected chi connectivity index (χ0v) is 16.7. The highest BCUT2D eigenvalue weighted by atomic mass is 32.1. The normalized spacial score (nSPS) is 11.3. The predicted octanol–water partition coefficient (Wildman–Crippen LogP) is 2.79. The van der Waals surface area contributed by atoms with E-state index in [2.05, 4.69) is 17.9 Å². The minimum absolute atomic E-state index is 0.142. The summed E-state index contributed by atoms with van der Waals surface area (Å²) in [6, 6.07) is 0. The number of ether oxygens (including phenoxy) is 1. The van der Waals surface area contributed by atoms with Gasteiger partial charge in [-0.3, -0.25) is 4.79 Å². The Hall–Kier alpha value is -0.750. The van der Waals surface area contributed by atoms with E-state index in [1.807, 2.05) is 14.1 Å². The van der Waals surface area contributed by atoms with Gasteiger partial charge in [0.05, 0.1) is 27.7 Å². The highest BCUT2D eigenvalue weighted by molar-refractivity contribution is 7.80. The Morgan fingerprint density at radius 3 is 2.12 bits per heavy atom. The fourth-order valence-electron chi connectivity index (χ4n) is 2.60. The number of hydrogen-bond acceptors (Lipinski definition) is 4. The van der Waals surface area contributed by atoms with Gasteiger partial charge in [0.2, 0.25) is 5.91 Å². The monoisotopic (exact) mass is 361 g/mol. The first-order valence-corrected chi connectivity index (χ1v) is 9.81. The number of hydrogen-bond donors (Lipinski definition) is 2. The molecule has 0 radical (unpaired) electrons. The van der Waals surface area contributed by atoms with Crippen molar-refractivity contribution in [3.8, 4) is 0 Å². The molecule has 1 N–H and O–H groups in total. The number of unbranched alkanes of at least 4 members (excludes halogenated alkanes) is 6. The zero-order chi connectivity index (χ0) is 18.3. The molecule has 142 valence electrons. The SMILES string of the molecule is COC(=O)C[N+](C)(C)CCCNC(=O)CCCCCCCCCS. The number of thiol groups is 1. The number of quaternary nitrogens is 1. The van der Waals surface area contributed by atoms with Crippen molar-refractivity contribution in [2.24, 2.45) is 0 Å². The van der Waals surface area contributed by atoms with Gasteiger partial charge in [-0.2, -0.15) is 12.6 Å². The lowest BCUT2D eigenvalue weighted by Gasteiger charge is -2.28. The Morgan fingerprint density at radius 1 is 0.958 bits per heavy atom. The van der Waals surface area contributed by atoms with Crippen LogP contribution in [0.25, 0.3) is 0 Å². The summed E-state index contributed by atoms with van der Waals surface area (Å²) in [6.45, 7) is 1.87. The van der Waals surface area contributed by atoms with Gasteiger partial charge in [0.1, 0.15) is 0 Å². The number of carbonyl (C=O) groups is 2. The number of methoxy groups -OCH3 is 1. The lowest BCUT2D eigenvalue weighted by molar-refractivity contribution is -0.883. The standard InChI is InChI=1S/C18H36N2O3S/c1-20(2,16-18(22)23-3)14-11-13-19-17(21)12-9-7-5-4-6-8-10-15-24/h4-16H2,1-3H3,(H-,19,21,24)/p+1. The molecular weight excluding hydrogens is 324 g/mol. The van der Waals surface area contributed by atoms with Gasteiger partial charge in [0, 0.05) is 19.4 Å². The molecule has 0 aliphatic rings. The number of carbonyl (C=O) groups excluding carboxylic acids is 2. The molecule has 0 aromatic carbocycles. The summed E-state index contributed by atoms with van der Waals surface area (Å²) in [4.78, 5) is 23.1. The van der Waals surface area contributed by atoms with Crippen molar-refractivity contribution in [1.82, 2.24) is 5.32 Å². The summed E-state index contributed by atoms with van der Waals surface area (Å²) in [5.74, 6) is 0.928. The second-order valence-electron chi connectivity index (χ2n) is 7.05. The maximum absolute atomic E-state index is 11.8. The maximum Gasteiger partial charge on any atom is 0.361 e. The molecule has 5 nitrogen and oxygen atoms in total. The molecule has 0 bridgehead atoms. The van der Waals surface area contributed by atoms with Crippen LogP contribution in [-0.4, -0.2) is 63.0 Å². The molecule has 0 heterocycles. The fourth-order valence-corrected chi connectivity index (χ4v) is 2.82. The van der Waals surface area contributed by atoms with Crippen LogP contribution in [0, 0.1) is 0 Å². The highest BCUT2D eigenvalue weighted by Crippen LogP contribution is 2.09. The molecule has 1 amide bonds. The van der Waals surface area contributed by atoms with E-state index in [1.54, 1.807) is 0 Å². The van der Waals surface area contributed by atoms with E-state index in [0.717, 1.165) is 31.6 Å². The molecule has 0 fully saturated rings. The van der Waals surface area contributed by atoms with Crippen LogP contribution in [0.3, 0.4) is 0 Å². The van der Waals surface area contributed by atoms with Crippen LogP contribution in [0.5, 0.6) is 0 Å². The molecule has 0 spiro atoms. The van der Waals surface area contributed by atoms with Gasteiger partial charge in [-0.15, -0.1) is 0 Å². The Kier molecular flexibility index (Phi) is 14.1. The van der Waals surface area contributed by atoms with E-state index in [0.29, 0.717) is 24.0 Å². The van der Waals surface area contributed by atoms with E-state index in [1.165, 1.54) is 39.2 Å². The van der Waals surface area contributed by atoms with Crippen LogP contribution >= 0.6 is 12.6 Å². The first-order valence-electron chi connectivity index (χ1n) is 9.17. The second-order valence-corrected chi connectivity index (χ2v) is 7.49. The Labute approximate surface area is 153 Å². The molecular formula is C18H37N2O3S+. The average molecular weight is 362 g/mol. The van der Waals surface area contributed by atoms with Crippen molar-refractivity contribution in [1.29, 1.82) is 0 Å². The third-order valence-corrected chi connectivity index (χ3v) is 4.43. The number of nitrogens with zero attached hydrogens (tertiary/aromatic N) is 1. The van der Waals surface area contributed by atoms with Gasteiger partial charge in [0.25, 0.3) is 0 Å². The third kappa shape index (κ3) is 14.8. The molecule has 0 rings (SSSR count). The molecule has 0 aromatic rings. The van der Waals surface area contributed by atoms with E-state index in [4.69, 9.17) is 4.74 Å². The molecule has 24 heavy (non-hydrogen) atoms. The molecule has 0 aromatic heterocycles. The first kappa shape index (κ1) is 23.2. The molecule has 0 saturated carbocycles. The highest BCUT2D eigenvalue weighted by Gasteiger charge is 2.19. The number of likely N-dealkylation sites (N-methyl/N-ethyl adjacent to an activating group) is 1. The van der Waals surface area contributed by atoms with Crippen LogP contribution in [0.1, 0.15) is 57.8 Å². The van der Waals surface area contributed by atoms with Crippen LogP contribution in [0.2, 0.25) is 0 Å². The molecule has 0 unspecified atom stereocenters. The van der Waals surface area contributed by atoms with Gasteiger partial charge in [-0.05, 0) is 18.6 Å². The minimum Gasteiger partial charge on any atom is -0.465 e. The second kappa shape index (κ2) is 14.6. The Morgan fingerprint density at radius 2 is 1.54 bits per heavy atom. The summed E-state index contributed by atoms with van der Waals surface area (Å²) in [5.41, 5.74) is 0. The summed E-state index contributed by atoms with van der Waals surface area (Å²) < 4.78 is 5.27. The lowest BCUT2D eigenvalue weighted by Crippen LogP contribution is -2.45. The summed E-state index contributed by atoms with van der Waals surface area (Å²) in [7, 11) is 5.40. The van der Waals surface area contributed by atoms with Gasteiger partial charge in [0.15, 0.2) is 6.54 Å².